The largest absolute Gasteiger partial charge is 0.466 e. The number of fused-ring (bicyclic) bond motifs is 1. The van der Waals surface area contributed by atoms with Gasteiger partial charge in [-0.25, -0.2) is 0 Å². The second-order valence-electron chi connectivity index (χ2n) is 7.67. The summed E-state index contributed by atoms with van der Waals surface area (Å²) in [5.74, 6) is -2.27. The van der Waals surface area contributed by atoms with Gasteiger partial charge >= 0.3 is 5.97 Å². The van der Waals surface area contributed by atoms with E-state index in [1.807, 2.05) is 0 Å². The summed E-state index contributed by atoms with van der Waals surface area (Å²) in [5.41, 5.74) is 0.565. The Morgan fingerprint density at radius 2 is 2.10 bits per heavy atom. The van der Waals surface area contributed by atoms with Crippen LogP contribution in [0, 0.1) is 11.8 Å². The number of rotatable bonds is 6. The van der Waals surface area contributed by atoms with Crippen molar-refractivity contribution in [2.75, 3.05) is 25.1 Å². The summed E-state index contributed by atoms with van der Waals surface area (Å²) < 4.78 is 4.52. The van der Waals surface area contributed by atoms with Gasteiger partial charge in [-0.3, -0.25) is 14.4 Å². The molecule has 162 valence electrons. The first-order valence-corrected chi connectivity index (χ1v) is 12.0. The number of likely N-dealkylation sites (tertiary alicyclic amines) is 1. The van der Waals surface area contributed by atoms with E-state index in [2.05, 4.69) is 21.2 Å². The molecule has 1 spiro atoms. The Morgan fingerprint density at radius 3 is 2.73 bits per heavy atom. The van der Waals surface area contributed by atoms with Crippen molar-refractivity contribution in [1.29, 1.82) is 0 Å². The lowest BCUT2D eigenvalue weighted by molar-refractivity contribution is -0.153. The molecule has 0 aromatic heterocycles. The zero-order valence-corrected chi connectivity index (χ0v) is 19.4. The highest BCUT2D eigenvalue weighted by Gasteiger charge is 2.75. The highest BCUT2D eigenvalue weighted by molar-refractivity contribution is 9.09. The van der Waals surface area contributed by atoms with Gasteiger partial charge in [-0.05, 0) is 37.6 Å². The topological polar surface area (TPSA) is 95.9 Å². The minimum absolute atomic E-state index is 0.0131. The Balaban J connectivity index is 1.70. The van der Waals surface area contributed by atoms with Gasteiger partial charge in [0.05, 0.1) is 29.8 Å². The SMILES string of the molecule is CCOC(=O)[C@H]1[C@@H]2SC3(CC2Br)C(C(=O)Nc2ccc(Cl)cc2)N(CCO)C(=O)[C@H]13. The summed E-state index contributed by atoms with van der Waals surface area (Å²) in [6.45, 7) is 1.73. The highest BCUT2D eigenvalue weighted by Crippen LogP contribution is 2.67. The average molecular weight is 518 g/mol. The number of benzene rings is 1. The summed E-state index contributed by atoms with van der Waals surface area (Å²) in [6, 6.07) is 5.93. The molecule has 3 aliphatic heterocycles. The number of anilines is 1. The monoisotopic (exact) mass is 516 g/mol. The minimum Gasteiger partial charge on any atom is -0.466 e. The number of amides is 2. The number of halogens is 2. The van der Waals surface area contributed by atoms with Crippen molar-refractivity contribution >= 4 is 62.8 Å². The van der Waals surface area contributed by atoms with Gasteiger partial charge in [0.15, 0.2) is 0 Å². The predicted octanol–water partition coefficient (Wildman–Crippen LogP) is 2.30. The number of hydrogen-bond donors (Lipinski definition) is 2. The molecule has 30 heavy (non-hydrogen) atoms. The van der Waals surface area contributed by atoms with Crippen LogP contribution in [0.1, 0.15) is 13.3 Å². The maximum absolute atomic E-state index is 13.4. The van der Waals surface area contributed by atoms with Crippen LogP contribution in [0.15, 0.2) is 24.3 Å². The predicted molar refractivity (Wildman–Crippen MR) is 118 cm³/mol. The van der Waals surface area contributed by atoms with Crippen LogP contribution in [0.25, 0.3) is 0 Å². The molecule has 3 aliphatic rings. The number of hydrogen-bond acceptors (Lipinski definition) is 6. The third-order valence-corrected chi connectivity index (χ3v) is 9.52. The molecule has 10 heteroatoms. The van der Waals surface area contributed by atoms with Crippen LogP contribution < -0.4 is 5.32 Å². The zero-order valence-electron chi connectivity index (χ0n) is 16.2. The van der Waals surface area contributed by atoms with E-state index in [0.29, 0.717) is 17.1 Å². The van der Waals surface area contributed by atoms with Gasteiger partial charge in [0.1, 0.15) is 6.04 Å². The van der Waals surface area contributed by atoms with Gasteiger partial charge in [-0.2, -0.15) is 0 Å². The zero-order chi connectivity index (χ0) is 21.6. The molecule has 3 saturated heterocycles. The molecule has 6 atom stereocenters. The average Bonchev–Trinajstić information content (AvgIpc) is 3.28. The molecule has 2 amide bonds. The van der Waals surface area contributed by atoms with Crippen molar-refractivity contribution in [3.8, 4) is 0 Å². The quantitative estimate of drug-likeness (QED) is 0.444. The molecule has 3 heterocycles. The van der Waals surface area contributed by atoms with E-state index in [1.165, 1.54) is 16.7 Å². The molecule has 3 fully saturated rings. The number of aliphatic hydroxyl groups is 1. The lowest BCUT2D eigenvalue weighted by Gasteiger charge is -2.35. The number of aliphatic hydroxyl groups excluding tert-OH is 1. The Hall–Kier alpha value is -1.29. The van der Waals surface area contributed by atoms with Crippen LogP contribution in [0.4, 0.5) is 5.69 Å². The van der Waals surface area contributed by atoms with E-state index in [-0.39, 0.29) is 41.6 Å². The van der Waals surface area contributed by atoms with Crippen molar-refractivity contribution in [3.05, 3.63) is 29.3 Å². The van der Waals surface area contributed by atoms with Crippen LogP contribution in [0.3, 0.4) is 0 Å². The first-order chi connectivity index (χ1) is 14.3. The lowest BCUT2D eigenvalue weighted by Crippen LogP contribution is -2.52. The molecule has 1 aromatic carbocycles. The van der Waals surface area contributed by atoms with Crippen molar-refractivity contribution in [1.82, 2.24) is 4.90 Å². The number of thioether (sulfide) groups is 1. The standard InChI is InChI=1S/C20H22BrClN2O5S/c1-2-29-19(28)13-14-18(27)24(7-8-25)16(20(14)9-12(21)15(13)30-20)17(26)23-11-5-3-10(22)4-6-11/h3-6,12-16,25H,2,7-9H2,1H3,(H,23,26)/t12?,13-,14+,15-,16?,20?/m1/s1. The first kappa shape index (κ1) is 21.9. The van der Waals surface area contributed by atoms with Crippen LogP contribution >= 0.6 is 39.3 Å². The number of alkyl halides is 1. The number of β-amino-alcohol motifs (C(OH)–C–C–N with tert-alkyl or cyclic N) is 1. The molecule has 2 bridgehead atoms. The summed E-state index contributed by atoms with van der Waals surface area (Å²) in [4.78, 5) is 40.9. The Bertz CT molecular complexity index is 871. The second kappa shape index (κ2) is 8.33. The van der Waals surface area contributed by atoms with Crippen LogP contribution in [-0.2, 0) is 19.1 Å². The first-order valence-electron chi connectivity index (χ1n) is 9.80. The Morgan fingerprint density at radius 1 is 1.40 bits per heavy atom. The number of carbonyl (C=O) groups excluding carboxylic acids is 3. The van der Waals surface area contributed by atoms with Gasteiger partial charge < -0.3 is 20.1 Å². The van der Waals surface area contributed by atoms with E-state index in [0.717, 1.165) is 0 Å². The van der Waals surface area contributed by atoms with Crippen LogP contribution in [-0.4, -0.2) is 68.4 Å². The number of nitrogens with one attached hydrogen (secondary N) is 1. The fraction of sp³-hybridized carbons (Fsp3) is 0.550. The smallest absolute Gasteiger partial charge is 0.310 e. The summed E-state index contributed by atoms with van der Waals surface area (Å²) >= 11 is 11.1. The van der Waals surface area contributed by atoms with Crippen molar-refractivity contribution in [3.63, 3.8) is 0 Å². The number of carbonyl (C=O) groups is 3. The van der Waals surface area contributed by atoms with Gasteiger partial charge in [-0.15, -0.1) is 11.8 Å². The molecule has 0 saturated carbocycles. The Kier molecular flexibility index (Phi) is 6.09. The fourth-order valence-electron chi connectivity index (χ4n) is 5.03. The molecule has 2 N–H and O–H groups in total. The number of esters is 1. The lowest BCUT2D eigenvalue weighted by atomic mass is 9.71. The second-order valence-corrected chi connectivity index (χ2v) is 10.8. The fourth-order valence-corrected chi connectivity index (χ4v) is 8.76. The normalized spacial score (nSPS) is 34.2. The van der Waals surface area contributed by atoms with E-state index < -0.39 is 28.6 Å². The van der Waals surface area contributed by atoms with E-state index in [1.54, 1.807) is 31.2 Å². The Labute approximate surface area is 192 Å². The van der Waals surface area contributed by atoms with E-state index in [4.69, 9.17) is 16.3 Å². The molecule has 4 rings (SSSR count). The molecule has 7 nitrogen and oxygen atoms in total. The summed E-state index contributed by atoms with van der Waals surface area (Å²) in [7, 11) is 0. The third-order valence-electron chi connectivity index (χ3n) is 6.05. The molecule has 0 radical (unpaired) electrons. The van der Waals surface area contributed by atoms with Crippen LogP contribution in [0.5, 0.6) is 0 Å². The molecule has 3 unspecified atom stereocenters. The van der Waals surface area contributed by atoms with Crippen molar-refractivity contribution < 1.29 is 24.2 Å². The van der Waals surface area contributed by atoms with Gasteiger partial charge in [0, 0.05) is 27.3 Å². The van der Waals surface area contributed by atoms with E-state index >= 15 is 0 Å². The van der Waals surface area contributed by atoms with Crippen molar-refractivity contribution in [2.24, 2.45) is 11.8 Å². The summed E-state index contributed by atoms with van der Waals surface area (Å²) in [6.07, 6.45) is 0.579. The number of ether oxygens (including phenoxy) is 1. The highest BCUT2D eigenvalue weighted by atomic mass is 79.9. The van der Waals surface area contributed by atoms with Crippen molar-refractivity contribution in [2.45, 2.75) is 34.2 Å². The van der Waals surface area contributed by atoms with Gasteiger partial charge in [0.25, 0.3) is 0 Å². The maximum atomic E-state index is 13.4. The summed E-state index contributed by atoms with van der Waals surface area (Å²) in [5, 5.41) is 12.8. The molecular weight excluding hydrogens is 496 g/mol. The van der Waals surface area contributed by atoms with Gasteiger partial charge in [0.2, 0.25) is 11.8 Å². The van der Waals surface area contributed by atoms with Crippen LogP contribution in [0.2, 0.25) is 5.02 Å². The maximum Gasteiger partial charge on any atom is 0.310 e. The molecule has 0 aliphatic carbocycles. The minimum atomic E-state index is -0.799. The molecular formula is C20H22BrClN2O5S. The van der Waals surface area contributed by atoms with Gasteiger partial charge in [-0.1, -0.05) is 27.5 Å². The molecule has 1 aromatic rings. The van der Waals surface area contributed by atoms with E-state index in [9.17, 15) is 19.5 Å². The number of nitrogens with zero attached hydrogens (tertiary/aromatic N) is 1. The third kappa shape index (κ3) is 3.34.